The minimum atomic E-state index is -3.30. The molecule has 0 saturated carbocycles. The molecule has 0 amide bonds. The molecule has 1 saturated heterocycles. The lowest BCUT2D eigenvalue weighted by atomic mass is 10.1. The molecule has 1 atom stereocenters. The van der Waals surface area contributed by atoms with Crippen molar-refractivity contribution < 1.29 is 17.9 Å². The predicted octanol–water partition coefficient (Wildman–Crippen LogP) is 4.16. The smallest absolute Gasteiger partial charge is 0.178 e. The Morgan fingerprint density at radius 2 is 2.00 bits per heavy atom. The first-order valence-electron chi connectivity index (χ1n) is 11.4. The van der Waals surface area contributed by atoms with Crippen LogP contribution in [0.2, 0.25) is 0 Å². The zero-order valence-corrected chi connectivity index (χ0v) is 20.2. The highest BCUT2D eigenvalue weighted by atomic mass is 32.2. The van der Waals surface area contributed by atoms with Crippen LogP contribution in [0.5, 0.6) is 11.5 Å². The number of carbonyl (C=O) groups is 1. The van der Waals surface area contributed by atoms with Crippen LogP contribution in [-0.4, -0.2) is 52.5 Å². The first-order chi connectivity index (χ1) is 16.9. The van der Waals surface area contributed by atoms with E-state index in [1.165, 1.54) is 0 Å². The van der Waals surface area contributed by atoms with Gasteiger partial charge in [-0.2, -0.15) is 0 Å². The van der Waals surface area contributed by atoms with Gasteiger partial charge in [0.2, 0.25) is 0 Å². The Hall–Kier alpha value is -3.79. The number of rotatable bonds is 7. The Kier molecular flexibility index (Phi) is 5.98. The summed E-state index contributed by atoms with van der Waals surface area (Å²) in [6.07, 6.45) is 6.52. The van der Waals surface area contributed by atoms with Crippen LogP contribution in [0.3, 0.4) is 0 Å². The van der Waals surface area contributed by atoms with Gasteiger partial charge in [-0.1, -0.05) is 6.92 Å². The number of sulfone groups is 1. The Bertz CT molecular complexity index is 1480. The van der Waals surface area contributed by atoms with Crippen LogP contribution in [0.1, 0.15) is 26.7 Å². The molecule has 4 aromatic rings. The minimum absolute atomic E-state index is 0.0305. The number of imidazole rings is 1. The summed E-state index contributed by atoms with van der Waals surface area (Å²) in [7, 11) is -3.30. The van der Waals surface area contributed by atoms with Gasteiger partial charge in [-0.15, -0.1) is 0 Å². The van der Waals surface area contributed by atoms with Crippen LogP contribution in [0, 0.1) is 0 Å². The molecule has 0 unspecified atom stereocenters. The van der Waals surface area contributed by atoms with Crippen molar-refractivity contribution >= 4 is 32.3 Å². The van der Waals surface area contributed by atoms with Crippen LogP contribution in [0.25, 0.3) is 22.6 Å². The van der Waals surface area contributed by atoms with E-state index < -0.39 is 9.84 Å². The molecule has 0 spiro atoms. The first kappa shape index (κ1) is 23.0. The fraction of sp³-hybridized carbons (Fsp3) is 0.280. The van der Waals surface area contributed by atoms with Gasteiger partial charge in [0.05, 0.1) is 39.6 Å². The van der Waals surface area contributed by atoms with Gasteiger partial charge in [0.1, 0.15) is 11.4 Å². The van der Waals surface area contributed by atoms with Crippen molar-refractivity contribution in [3.8, 4) is 23.0 Å². The Morgan fingerprint density at radius 3 is 2.69 bits per heavy atom. The molecule has 5 rings (SSSR count). The molecule has 2 aromatic heterocycles. The van der Waals surface area contributed by atoms with E-state index in [9.17, 15) is 13.2 Å². The van der Waals surface area contributed by atoms with Crippen LogP contribution < -0.4 is 9.64 Å². The highest BCUT2D eigenvalue weighted by Crippen LogP contribution is 2.40. The molecule has 0 radical (unpaired) electrons. The third kappa shape index (κ3) is 4.49. The van der Waals surface area contributed by atoms with Crippen LogP contribution in [0.15, 0.2) is 59.9 Å². The molecule has 1 fully saturated rings. The maximum atomic E-state index is 12.3. The summed E-state index contributed by atoms with van der Waals surface area (Å²) in [6, 6.07) is 9.90. The number of nitrogens with zero attached hydrogens (tertiary/aromatic N) is 4. The summed E-state index contributed by atoms with van der Waals surface area (Å²) in [5.74, 6) is 1.74. The van der Waals surface area contributed by atoms with E-state index in [-0.39, 0.29) is 22.5 Å². The zero-order chi connectivity index (χ0) is 24.6. The Balaban J connectivity index is 1.58. The van der Waals surface area contributed by atoms with Crippen molar-refractivity contribution in [3.63, 3.8) is 0 Å². The molecule has 1 aliphatic rings. The van der Waals surface area contributed by atoms with Gasteiger partial charge in [-0.3, -0.25) is 9.78 Å². The van der Waals surface area contributed by atoms with Crippen molar-refractivity contribution in [2.24, 2.45) is 0 Å². The van der Waals surface area contributed by atoms with E-state index in [1.807, 2.05) is 12.1 Å². The quantitative estimate of drug-likeness (QED) is 0.409. The molecule has 9 nitrogen and oxygen atoms in total. The summed E-state index contributed by atoms with van der Waals surface area (Å²) in [5, 5.41) is 0. The van der Waals surface area contributed by atoms with Gasteiger partial charge < -0.3 is 14.6 Å². The van der Waals surface area contributed by atoms with Gasteiger partial charge in [0.15, 0.2) is 27.2 Å². The number of aromatic amines is 1. The number of Topliss-reactive ketones (excluding diaryl/α,β-unsaturated/α-hetero) is 1. The fourth-order valence-corrected chi connectivity index (χ4v) is 5.25. The van der Waals surface area contributed by atoms with Gasteiger partial charge >= 0.3 is 0 Å². The van der Waals surface area contributed by atoms with Crippen molar-refractivity contribution in [3.05, 3.63) is 55.0 Å². The van der Waals surface area contributed by atoms with Crippen molar-refractivity contribution in [2.75, 3.05) is 17.2 Å². The van der Waals surface area contributed by atoms with E-state index in [0.717, 1.165) is 30.6 Å². The molecule has 35 heavy (non-hydrogen) atoms. The molecule has 1 aliphatic heterocycles. The second-order valence-electron chi connectivity index (χ2n) is 8.45. The lowest BCUT2D eigenvalue weighted by Gasteiger charge is -2.27. The molecule has 180 valence electrons. The lowest BCUT2D eigenvalue weighted by Crippen LogP contribution is -2.34. The van der Waals surface area contributed by atoms with Gasteiger partial charge in [0.25, 0.3) is 0 Å². The first-order valence-corrected chi connectivity index (χ1v) is 13.1. The molecule has 0 aliphatic carbocycles. The number of nitrogens with one attached hydrogen (secondary N) is 1. The highest BCUT2D eigenvalue weighted by molar-refractivity contribution is 7.91. The zero-order valence-electron chi connectivity index (χ0n) is 19.4. The number of hydrogen-bond acceptors (Lipinski definition) is 8. The summed E-state index contributed by atoms with van der Waals surface area (Å²) in [4.78, 5) is 31.0. The van der Waals surface area contributed by atoms with Crippen LogP contribution in [0.4, 0.5) is 5.69 Å². The Labute approximate surface area is 203 Å². The standard InChI is InChI=1S/C25H25N5O4S/c1-3-35(32,33)18-8-6-17(7-9-18)34-24-14-20-19(28-25(29-20)21-15-26-10-11-27-21)13-23(24)30-12-4-5-22(30)16(2)31/h6-11,13-15,22H,3-5,12H2,1-2H3,(H,28,29)/t22-/m1/s1. The second-order valence-corrected chi connectivity index (χ2v) is 10.7. The predicted molar refractivity (Wildman–Crippen MR) is 132 cm³/mol. The number of hydrogen-bond donors (Lipinski definition) is 1. The number of ether oxygens (including phenoxy) is 1. The highest BCUT2D eigenvalue weighted by Gasteiger charge is 2.31. The summed E-state index contributed by atoms with van der Waals surface area (Å²) >= 11 is 0. The maximum Gasteiger partial charge on any atom is 0.178 e. The molecule has 2 aromatic carbocycles. The molecule has 1 N–H and O–H groups in total. The summed E-state index contributed by atoms with van der Waals surface area (Å²) < 4.78 is 30.6. The molecular weight excluding hydrogens is 466 g/mol. The van der Waals surface area contributed by atoms with E-state index in [0.29, 0.717) is 28.5 Å². The van der Waals surface area contributed by atoms with Crippen molar-refractivity contribution in [2.45, 2.75) is 37.6 Å². The topological polar surface area (TPSA) is 118 Å². The van der Waals surface area contributed by atoms with E-state index in [4.69, 9.17) is 4.74 Å². The van der Waals surface area contributed by atoms with E-state index in [2.05, 4.69) is 24.8 Å². The molecular formula is C25H25N5O4S. The maximum absolute atomic E-state index is 12.3. The van der Waals surface area contributed by atoms with E-state index in [1.54, 1.807) is 56.7 Å². The number of anilines is 1. The number of benzene rings is 2. The van der Waals surface area contributed by atoms with Crippen molar-refractivity contribution in [1.29, 1.82) is 0 Å². The summed E-state index contributed by atoms with van der Waals surface area (Å²) in [5.41, 5.74) is 2.85. The largest absolute Gasteiger partial charge is 0.455 e. The lowest BCUT2D eigenvalue weighted by molar-refractivity contribution is -0.118. The van der Waals surface area contributed by atoms with Crippen LogP contribution >= 0.6 is 0 Å². The normalized spacial score (nSPS) is 16.1. The second kappa shape index (κ2) is 9.10. The number of ketones is 1. The van der Waals surface area contributed by atoms with Gasteiger partial charge in [-0.25, -0.2) is 18.4 Å². The van der Waals surface area contributed by atoms with Gasteiger partial charge in [0, 0.05) is 25.0 Å². The molecule has 3 heterocycles. The van der Waals surface area contributed by atoms with Crippen LogP contribution in [-0.2, 0) is 14.6 Å². The third-order valence-electron chi connectivity index (χ3n) is 6.19. The average Bonchev–Trinajstić information content (AvgIpc) is 3.52. The number of fused-ring (bicyclic) bond motifs is 1. The van der Waals surface area contributed by atoms with Gasteiger partial charge in [-0.05, 0) is 50.1 Å². The minimum Gasteiger partial charge on any atom is -0.455 e. The average molecular weight is 492 g/mol. The summed E-state index contributed by atoms with van der Waals surface area (Å²) in [6.45, 7) is 3.95. The number of H-pyrrole nitrogens is 1. The fourth-order valence-electron chi connectivity index (χ4n) is 4.36. The molecule has 10 heteroatoms. The van der Waals surface area contributed by atoms with E-state index >= 15 is 0 Å². The monoisotopic (exact) mass is 491 g/mol. The number of aromatic nitrogens is 4. The third-order valence-corrected chi connectivity index (χ3v) is 7.94. The SMILES string of the molecule is CCS(=O)(=O)c1ccc(Oc2cc3nc(-c4cnccn4)[nH]c3cc2N2CCC[C@@H]2C(C)=O)cc1. The Morgan fingerprint density at radius 1 is 1.20 bits per heavy atom. The van der Waals surface area contributed by atoms with Crippen molar-refractivity contribution in [1.82, 2.24) is 19.9 Å². The molecule has 0 bridgehead atoms. The number of carbonyl (C=O) groups excluding carboxylic acids is 1.